The van der Waals surface area contributed by atoms with Gasteiger partial charge in [-0.15, -0.1) is 0 Å². The van der Waals surface area contributed by atoms with Crippen LogP contribution in [0.3, 0.4) is 0 Å². The fraction of sp³-hybridized carbons (Fsp3) is 0.240. The number of anilines is 2. The van der Waals surface area contributed by atoms with Crippen LogP contribution in [0.2, 0.25) is 0 Å². The molecule has 0 saturated heterocycles. The van der Waals surface area contributed by atoms with E-state index in [1.165, 1.54) is 26.2 Å². The molecule has 0 aliphatic carbocycles. The molecular formula is C25H29N3O5S. The van der Waals surface area contributed by atoms with Crippen LogP contribution < -0.4 is 20.1 Å². The molecule has 8 nitrogen and oxygen atoms in total. The Morgan fingerprint density at radius 3 is 2.24 bits per heavy atom. The van der Waals surface area contributed by atoms with Crippen molar-refractivity contribution in [1.82, 2.24) is 4.31 Å². The number of sulfonamides is 1. The first-order valence-electron chi connectivity index (χ1n) is 10.6. The van der Waals surface area contributed by atoms with Crippen molar-refractivity contribution in [3.05, 3.63) is 66.7 Å². The van der Waals surface area contributed by atoms with E-state index < -0.39 is 16.1 Å². The fourth-order valence-corrected chi connectivity index (χ4v) is 4.25. The summed E-state index contributed by atoms with van der Waals surface area (Å²) in [7, 11) is 2.54. The van der Waals surface area contributed by atoms with Gasteiger partial charge in [-0.05, 0) is 61.0 Å². The van der Waals surface area contributed by atoms with E-state index in [0.29, 0.717) is 11.4 Å². The van der Waals surface area contributed by atoms with Crippen molar-refractivity contribution in [2.24, 2.45) is 0 Å². The van der Waals surface area contributed by atoms with Gasteiger partial charge in [0.25, 0.3) is 0 Å². The van der Waals surface area contributed by atoms with Gasteiger partial charge in [-0.25, -0.2) is 12.7 Å². The molecule has 2 N–H and O–H groups in total. The normalized spacial score (nSPS) is 12.2. The average Bonchev–Trinajstić information content (AvgIpc) is 2.84. The van der Waals surface area contributed by atoms with E-state index in [-0.39, 0.29) is 10.8 Å². The Bertz CT molecular complexity index is 1260. The number of amides is 1. The first kappa shape index (κ1) is 25.1. The number of carbonyl (C=O) groups is 1. The highest BCUT2D eigenvalue weighted by molar-refractivity contribution is 7.89. The number of carbonyl (C=O) groups excluding carboxylic acids is 1. The van der Waals surface area contributed by atoms with Gasteiger partial charge in [-0.1, -0.05) is 18.2 Å². The SMILES string of the molecule is COc1ccc(-c2cc(NC(C)C(=O)Nc3cccc(S(=O)(=O)N(C)C)c3)ccc2OC)cc1. The Balaban J connectivity index is 1.76. The molecule has 1 atom stereocenters. The average molecular weight is 484 g/mol. The second-order valence-corrected chi connectivity index (χ2v) is 9.97. The maximum absolute atomic E-state index is 12.8. The Hall–Kier alpha value is -3.56. The molecule has 9 heteroatoms. The Labute approximate surface area is 200 Å². The van der Waals surface area contributed by atoms with Crippen molar-refractivity contribution in [3.8, 4) is 22.6 Å². The molecule has 3 aromatic rings. The quantitative estimate of drug-likeness (QED) is 0.476. The van der Waals surface area contributed by atoms with Crippen LogP contribution in [0.5, 0.6) is 11.5 Å². The lowest BCUT2D eigenvalue weighted by Crippen LogP contribution is -2.32. The summed E-state index contributed by atoms with van der Waals surface area (Å²) in [4.78, 5) is 12.9. The number of hydrogen-bond acceptors (Lipinski definition) is 6. The molecule has 0 aliphatic rings. The summed E-state index contributed by atoms with van der Waals surface area (Å²) in [5.74, 6) is 1.15. The van der Waals surface area contributed by atoms with E-state index >= 15 is 0 Å². The number of methoxy groups -OCH3 is 2. The summed E-state index contributed by atoms with van der Waals surface area (Å²) < 4.78 is 36.6. The van der Waals surface area contributed by atoms with Crippen LogP contribution in [0, 0.1) is 0 Å². The molecule has 0 aromatic heterocycles. The summed E-state index contributed by atoms with van der Waals surface area (Å²) >= 11 is 0. The molecule has 0 spiro atoms. The van der Waals surface area contributed by atoms with Crippen LogP contribution in [0.1, 0.15) is 6.92 Å². The van der Waals surface area contributed by atoms with Crippen molar-refractivity contribution in [2.45, 2.75) is 17.9 Å². The molecule has 34 heavy (non-hydrogen) atoms. The number of rotatable bonds is 9. The van der Waals surface area contributed by atoms with E-state index in [1.807, 2.05) is 42.5 Å². The third-order valence-corrected chi connectivity index (χ3v) is 7.07. The zero-order chi connectivity index (χ0) is 24.9. The summed E-state index contributed by atoms with van der Waals surface area (Å²) in [6.07, 6.45) is 0. The van der Waals surface area contributed by atoms with Crippen molar-refractivity contribution in [3.63, 3.8) is 0 Å². The van der Waals surface area contributed by atoms with Gasteiger partial charge in [0, 0.05) is 31.0 Å². The number of nitrogens with one attached hydrogen (secondary N) is 2. The van der Waals surface area contributed by atoms with Gasteiger partial charge in [0.15, 0.2) is 0 Å². The van der Waals surface area contributed by atoms with E-state index in [4.69, 9.17) is 9.47 Å². The second kappa shape index (κ2) is 10.6. The topological polar surface area (TPSA) is 97.0 Å². The molecule has 3 aromatic carbocycles. The summed E-state index contributed by atoms with van der Waals surface area (Å²) in [6.45, 7) is 1.73. The maximum atomic E-state index is 12.8. The Morgan fingerprint density at radius 1 is 0.912 bits per heavy atom. The molecule has 1 amide bonds. The lowest BCUT2D eigenvalue weighted by atomic mass is 10.0. The van der Waals surface area contributed by atoms with Gasteiger partial charge in [0.1, 0.15) is 17.5 Å². The first-order valence-corrected chi connectivity index (χ1v) is 12.0. The predicted octanol–water partition coefficient (Wildman–Crippen LogP) is 4.06. The van der Waals surface area contributed by atoms with Gasteiger partial charge in [-0.2, -0.15) is 0 Å². The predicted molar refractivity (Wildman–Crippen MR) is 134 cm³/mol. The van der Waals surface area contributed by atoms with E-state index in [0.717, 1.165) is 26.9 Å². The van der Waals surface area contributed by atoms with Crippen molar-refractivity contribution >= 4 is 27.3 Å². The van der Waals surface area contributed by atoms with Gasteiger partial charge in [-0.3, -0.25) is 4.79 Å². The summed E-state index contributed by atoms with van der Waals surface area (Å²) in [5.41, 5.74) is 2.94. The van der Waals surface area contributed by atoms with Gasteiger partial charge < -0.3 is 20.1 Å². The van der Waals surface area contributed by atoms with E-state index in [1.54, 1.807) is 33.3 Å². The molecule has 0 aliphatic heterocycles. The van der Waals surface area contributed by atoms with Crippen molar-refractivity contribution < 1.29 is 22.7 Å². The highest BCUT2D eigenvalue weighted by Gasteiger charge is 2.19. The molecular weight excluding hydrogens is 454 g/mol. The molecule has 3 rings (SSSR count). The number of hydrogen-bond donors (Lipinski definition) is 2. The maximum Gasteiger partial charge on any atom is 0.246 e. The molecule has 0 heterocycles. The standard InChI is InChI=1S/C25H29N3O5S/c1-17(25(29)27-19-7-6-8-22(15-19)34(30,31)28(2)3)26-20-11-14-24(33-5)23(16-20)18-9-12-21(32-4)13-10-18/h6-17,26H,1-5H3,(H,27,29). The van der Waals surface area contributed by atoms with Crippen LogP contribution in [-0.2, 0) is 14.8 Å². The highest BCUT2D eigenvalue weighted by atomic mass is 32.2. The highest BCUT2D eigenvalue weighted by Crippen LogP contribution is 2.33. The monoisotopic (exact) mass is 483 g/mol. The molecule has 180 valence electrons. The van der Waals surface area contributed by atoms with Crippen LogP contribution in [-0.4, -0.2) is 53.0 Å². The molecule has 0 bridgehead atoms. The second-order valence-electron chi connectivity index (χ2n) is 7.81. The number of benzene rings is 3. The van der Waals surface area contributed by atoms with Crippen LogP contribution in [0.25, 0.3) is 11.1 Å². The Kier molecular flexibility index (Phi) is 7.80. The summed E-state index contributed by atoms with van der Waals surface area (Å²) in [5, 5.41) is 5.96. The van der Waals surface area contributed by atoms with Gasteiger partial charge in [0.05, 0.1) is 19.1 Å². The van der Waals surface area contributed by atoms with Crippen LogP contribution in [0.15, 0.2) is 71.6 Å². The lowest BCUT2D eigenvalue weighted by Gasteiger charge is -2.18. The Morgan fingerprint density at radius 2 is 1.62 bits per heavy atom. The molecule has 0 radical (unpaired) electrons. The minimum Gasteiger partial charge on any atom is -0.497 e. The zero-order valence-electron chi connectivity index (χ0n) is 19.8. The van der Waals surface area contributed by atoms with Crippen LogP contribution in [0.4, 0.5) is 11.4 Å². The van der Waals surface area contributed by atoms with Crippen LogP contribution >= 0.6 is 0 Å². The van der Waals surface area contributed by atoms with Crippen molar-refractivity contribution in [2.75, 3.05) is 38.9 Å². The van der Waals surface area contributed by atoms with Crippen molar-refractivity contribution in [1.29, 1.82) is 0 Å². The molecule has 1 unspecified atom stereocenters. The minimum absolute atomic E-state index is 0.107. The zero-order valence-corrected chi connectivity index (χ0v) is 20.6. The lowest BCUT2D eigenvalue weighted by molar-refractivity contribution is -0.116. The fourth-order valence-electron chi connectivity index (χ4n) is 3.31. The minimum atomic E-state index is -3.60. The number of ether oxygens (including phenoxy) is 2. The third kappa shape index (κ3) is 5.67. The molecule has 0 fully saturated rings. The van der Waals surface area contributed by atoms with E-state index in [9.17, 15) is 13.2 Å². The smallest absolute Gasteiger partial charge is 0.246 e. The third-order valence-electron chi connectivity index (χ3n) is 5.26. The largest absolute Gasteiger partial charge is 0.497 e. The molecule has 0 saturated carbocycles. The van der Waals surface area contributed by atoms with E-state index in [2.05, 4.69) is 10.6 Å². The first-order chi connectivity index (χ1) is 16.1. The van der Waals surface area contributed by atoms with Gasteiger partial charge in [0.2, 0.25) is 15.9 Å². The number of nitrogens with zero attached hydrogens (tertiary/aromatic N) is 1. The van der Waals surface area contributed by atoms with Gasteiger partial charge >= 0.3 is 0 Å². The summed E-state index contributed by atoms with van der Waals surface area (Å²) in [6, 6.07) is 18.8.